The van der Waals surface area contributed by atoms with Crippen molar-refractivity contribution in [3.8, 4) is 0 Å². The van der Waals surface area contributed by atoms with Crippen molar-refractivity contribution in [3.05, 3.63) is 35.4 Å². The van der Waals surface area contributed by atoms with Gasteiger partial charge in [-0.2, -0.15) is 0 Å². The summed E-state index contributed by atoms with van der Waals surface area (Å²) in [5.41, 5.74) is 2.40. The Morgan fingerprint density at radius 2 is 2.00 bits per heavy atom. The van der Waals surface area contributed by atoms with E-state index in [0.29, 0.717) is 19.1 Å². The van der Waals surface area contributed by atoms with E-state index in [4.69, 9.17) is 0 Å². The molecule has 140 valence electrons. The second kappa shape index (κ2) is 6.93. The Hall–Kier alpha value is -2.04. The van der Waals surface area contributed by atoms with Gasteiger partial charge in [-0.3, -0.25) is 4.79 Å². The van der Waals surface area contributed by atoms with Crippen molar-refractivity contribution in [2.45, 2.75) is 63.5 Å². The monoisotopic (exact) mass is 355 g/mol. The number of benzene rings is 1. The van der Waals surface area contributed by atoms with Crippen molar-refractivity contribution < 1.29 is 9.59 Å². The minimum Gasteiger partial charge on any atom is -0.336 e. The van der Waals surface area contributed by atoms with E-state index in [1.165, 1.54) is 24.0 Å². The highest BCUT2D eigenvalue weighted by Gasteiger charge is 2.45. The van der Waals surface area contributed by atoms with Crippen molar-refractivity contribution in [1.82, 2.24) is 15.1 Å². The molecule has 5 nitrogen and oxygen atoms in total. The molecule has 1 aromatic carbocycles. The molecule has 26 heavy (non-hydrogen) atoms. The number of rotatable bonds is 4. The van der Waals surface area contributed by atoms with Gasteiger partial charge in [-0.05, 0) is 44.6 Å². The van der Waals surface area contributed by atoms with Crippen LogP contribution in [0.5, 0.6) is 0 Å². The Kier molecular flexibility index (Phi) is 4.63. The van der Waals surface area contributed by atoms with Crippen LogP contribution in [0.25, 0.3) is 0 Å². The van der Waals surface area contributed by atoms with Crippen LogP contribution in [0, 0.1) is 6.92 Å². The van der Waals surface area contributed by atoms with Gasteiger partial charge < -0.3 is 15.1 Å². The van der Waals surface area contributed by atoms with Crippen molar-refractivity contribution in [2.75, 3.05) is 19.6 Å². The molecule has 1 heterocycles. The molecule has 0 bridgehead atoms. The first-order valence-electron chi connectivity index (χ1n) is 9.97. The SMILES string of the molecule is Cc1cccc(CC2(NC(=O)N3CCN(C4CCCC4)C(=O)C3)CC2)c1. The predicted molar refractivity (Wildman–Crippen MR) is 101 cm³/mol. The Morgan fingerprint density at radius 1 is 1.23 bits per heavy atom. The number of nitrogens with zero attached hydrogens (tertiary/aromatic N) is 2. The van der Waals surface area contributed by atoms with Gasteiger partial charge in [-0.15, -0.1) is 0 Å². The van der Waals surface area contributed by atoms with Crippen molar-refractivity contribution >= 4 is 11.9 Å². The molecule has 5 heteroatoms. The summed E-state index contributed by atoms with van der Waals surface area (Å²) in [6.45, 7) is 3.65. The maximum atomic E-state index is 12.7. The molecule has 3 aliphatic rings. The van der Waals surface area contributed by atoms with E-state index in [0.717, 1.165) is 32.1 Å². The summed E-state index contributed by atoms with van der Waals surface area (Å²) in [7, 11) is 0. The molecular formula is C21H29N3O2. The lowest BCUT2D eigenvalue weighted by atomic mass is 10.0. The van der Waals surface area contributed by atoms with E-state index < -0.39 is 0 Å². The highest BCUT2D eigenvalue weighted by molar-refractivity contribution is 5.86. The van der Waals surface area contributed by atoms with Gasteiger partial charge in [0.25, 0.3) is 0 Å². The van der Waals surface area contributed by atoms with Crippen LogP contribution in [-0.2, 0) is 11.2 Å². The molecule has 3 fully saturated rings. The van der Waals surface area contributed by atoms with Gasteiger partial charge in [0.05, 0.1) is 0 Å². The molecule has 1 saturated heterocycles. The van der Waals surface area contributed by atoms with E-state index in [1.54, 1.807) is 4.90 Å². The van der Waals surface area contributed by atoms with Crippen molar-refractivity contribution in [3.63, 3.8) is 0 Å². The van der Waals surface area contributed by atoms with Crippen LogP contribution in [0.1, 0.15) is 49.7 Å². The predicted octanol–water partition coefficient (Wildman–Crippen LogP) is 2.87. The van der Waals surface area contributed by atoms with Crippen LogP contribution in [0.15, 0.2) is 24.3 Å². The quantitative estimate of drug-likeness (QED) is 0.903. The standard InChI is InChI=1S/C21H29N3O2/c1-16-5-4-6-17(13-16)14-21(9-10-21)22-20(26)23-11-12-24(19(25)15-23)18-7-2-3-8-18/h4-6,13,18H,2-3,7-12,14-15H2,1H3,(H,22,26). The van der Waals surface area contributed by atoms with Gasteiger partial charge in [-0.25, -0.2) is 4.79 Å². The summed E-state index contributed by atoms with van der Waals surface area (Å²) in [6.07, 6.45) is 7.59. The van der Waals surface area contributed by atoms with Gasteiger partial charge in [0.2, 0.25) is 5.91 Å². The smallest absolute Gasteiger partial charge is 0.318 e. The first-order chi connectivity index (χ1) is 12.5. The van der Waals surface area contributed by atoms with Gasteiger partial charge in [0, 0.05) is 24.7 Å². The molecule has 0 aromatic heterocycles. The Labute approximate surface area is 155 Å². The topological polar surface area (TPSA) is 52.7 Å². The number of amides is 3. The van der Waals surface area contributed by atoms with E-state index in [9.17, 15) is 9.59 Å². The van der Waals surface area contributed by atoms with Crippen LogP contribution in [-0.4, -0.2) is 53.0 Å². The number of carbonyl (C=O) groups is 2. The van der Waals surface area contributed by atoms with Crippen molar-refractivity contribution in [2.24, 2.45) is 0 Å². The van der Waals surface area contributed by atoms with Gasteiger partial charge in [-0.1, -0.05) is 42.7 Å². The molecule has 2 aliphatic carbocycles. The average Bonchev–Trinajstić information content (AvgIpc) is 3.14. The van der Waals surface area contributed by atoms with Crippen LogP contribution in [0.2, 0.25) is 0 Å². The Bertz CT molecular complexity index is 692. The van der Waals surface area contributed by atoms with Crippen LogP contribution >= 0.6 is 0 Å². The third-order valence-electron chi connectivity index (χ3n) is 6.16. The summed E-state index contributed by atoms with van der Waals surface area (Å²) < 4.78 is 0. The van der Waals surface area contributed by atoms with E-state index >= 15 is 0 Å². The molecular weight excluding hydrogens is 326 g/mol. The lowest BCUT2D eigenvalue weighted by Crippen LogP contribution is -2.58. The van der Waals surface area contributed by atoms with Crippen LogP contribution in [0.3, 0.4) is 0 Å². The number of hydrogen-bond donors (Lipinski definition) is 1. The minimum atomic E-state index is -0.115. The zero-order chi connectivity index (χ0) is 18.1. The van der Waals surface area contributed by atoms with Crippen LogP contribution in [0.4, 0.5) is 4.79 Å². The van der Waals surface area contributed by atoms with E-state index in [1.807, 2.05) is 4.90 Å². The Morgan fingerprint density at radius 3 is 2.65 bits per heavy atom. The summed E-state index contributed by atoms with van der Waals surface area (Å²) >= 11 is 0. The number of urea groups is 1. The third kappa shape index (κ3) is 3.71. The number of piperazine rings is 1. The van der Waals surface area contributed by atoms with E-state index in [2.05, 4.69) is 36.5 Å². The highest BCUT2D eigenvalue weighted by atomic mass is 16.2. The van der Waals surface area contributed by atoms with Crippen LogP contribution < -0.4 is 5.32 Å². The first-order valence-corrected chi connectivity index (χ1v) is 9.97. The number of nitrogens with one attached hydrogen (secondary N) is 1. The number of aryl methyl sites for hydroxylation is 1. The first kappa shape index (κ1) is 17.4. The molecule has 1 N–H and O–H groups in total. The fourth-order valence-corrected chi connectivity index (χ4v) is 4.48. The lowest BCUT2D eigenvalue weighted by molar-refractivity contribution is -0.137. The minimum absolute atomic E-state index is 0.0745. The number of hydrogen-bond acceptors (Lipinski definition) is 2. The second-order valence-electron chi connectivity index (χ2n) is 8.32. The maximum Gasteiger partial charge on any atom is 0.318 e. The molecule has 1 aromatic rings. The molecule has 2 saturated carbocycles. The summed E-state index contributed by atoms with van der Waals surface area (Å²) in [4.78, 5) is 28.9. The summed E-state index contributed by atoms with van der Waals surface area (Å²) in [5, 5.41) is 3.23. The molecule has 0 spiro atoms. The molecule has 0 atom stereocenters. The largest absolute Gasteiger partial charge is 0.336 e. The second-order valence-corrected chi connectivity index (χ2v) is 8.32. The number of carbonyl (C=O) groups excluding carboxylic acids is 2. The van der Waals surface area contributed by atoms with Crippen molar-refractivity contribution in [1.29, 1.82) is 0 Å². The average molecular weight is 355 g/mol. The summed E-state index contributed by atoms with van der Waals surface area (Å²) in [6, 6.07) is 8.82. The maximum absolute atomic E-state index is 12.7. The van der Waals surface area contributed by atoms with Gasteiger partial charge >= 0.3 is 6.03 Å². The third-order valence-corrected chi connectivity index (χ3v) is 6.16. The summed E-state index contributed by atoms with van der Waals surface area (Å²) in [5.74, 6) is 0.113. The highest BCUT2D eigenvalue weighted by Crippen LogP contribution is 2.39. The molecule has 4 rings (SSSR count). The molecule has 0 radical (unpaired) electrons. The van der Waals surface area contributed by atoms with E-state index in [-0.39, 0.29) is 24.0 Å². The molecule has 0 unspecified atom stereocenters. The van der Waals surface area contributed by atoms with Gasteiger partial charge in [0.1, 0.15) is 6.54 Å². The fourth-order valence-electron chi connectivity index (χ4n) is 4.48. The zero-order valence-electron chi connectivity index (χ0n) is 15.7. The van der Waals surface area contributed by atoms with Gasteiger partial charge in [0.15, 0.2) is 0 Å². The Balaban J connectivity index is 1.33. The molecule has 1 aliphatic heterocycles. The fraction of sp³-hybridized carbons (Fsp3) is 0.619. The lowest BCUT2D eigenvalue weighted by Gasteiger charge is -2.38. The molecule has 3 amide bonds. The normalized spacial score (nSPS) is 22.6. The zero-order valence-corrected chi connectivity index (χ0v) is 15.7.